The van der Waals surface area contributed by atoms with Gasteiger partial charge in [-0.25, -0.2) is 0 Å². The highest BCUT2D eigenvalue weighted by Gasteiger charge is 2.35. The van der Waals surface area contributed by atoms with Crippen LogP contribution in [0.1, 0.15) is 55.6 Å². The summed E-state index contributed by atoms with van der Waals surface area (Å²) in [7, 11) is -0.966. The average molecular weight is 410 g/mol. The normalized spacial score (nSPS) is 19.0. The molecule has 158 valence electrons. The Labute approximate surface area is 176 Å². The second-order valence-electron chi connectivity index (χ2n) is 8.80. The van der Waals surface area contributed by atoms with Gasteiger partial charge in [0.2, 0.25) is 0 Å². The van der Waals surface area contributed by atoms with Crippen molar-refractivity contribution in [2.45, 2.75) is 39.7 Å². The first kappa shape index (κ1) is 20.5. The van der Waals surface area contributed by atoms with Gasteiger partial charge in [0.05, 0.1) is 12.6 Å². The summed E-state index contributed by atoms with van der Waals surface area (Å²) >= 11 is 0. The summed E-state index contributed by atoms with van der Waals surface area (Å²) in [6, 6.07) is 5.59. The van der Waals surface area contributed by atoms with Crippen LogP contribution in [0.25, 0.3) is 6.08 Å². The Hall–Kier alpha value is -2.78. The molecule has 8 nitrogen and oxygen atoms in total. The zero-order chi connectivity index (χ0) is 21.5. The summed E-state index contributed by atoms with van der Waals surface area (Å²) in [4.78, 5) is 12.0. The molecule has 0 bridgehead atoms. The van der Waals surface area contributed by atoms with E-state index in [1.165, 1.54) is 0 Å². The molecule has 0 spiro atoms. The summed E-state index contributed by atoms with van der Waals surface area (Å²) in [6.07, 6.45) is 5.53. The predicted molar refractivity (Wildman–Crippen MR) is 116 cm³/mol. The highest BCUT2D eigenvalue weighted by atomic mass is 16.5. The van der Waals surface area contributed by atoms with E-state index in [9.17, 15) is 9.82 Å². The molecule has 3 heterocycles. The smallest absolute Gasteiger partial charge is 0.532 e. The van der Waals surface area contributed by atoms with Gasteiger partial charge in [-0.1, -0.05) is 26.8 Å². The number of allylic oxidation sites excluding steroid dienone is 1. The first-order valence-electron chi connectivity index (χ1n) is 10.2. The van der Waals surface area contributed by atoms with Gasteiger partial charge < -0.3 is 25.5 Å². The lowest BCUT2D eigenvalue weighted by Gasteiger charge is -2.29. The number of rotatable bonds is 4. The second-order valence-corrected chi connectivity index (χ2v) is 8.80. The van der Waals surface area contributed by atoms with Crippen molar-refractivity contribution in [3.63, 3.8) is 0 Å². The van der Waals surface area contributed by atoms with E-state index in [2.05, 4.69) is 10.4 Å². The van der Waals surface area contributed by atoms with E-state index in [0.29, 0.717) is 23.7 Å². The van der Waals surface area contributed by atoms with E-state index in [4.69, 9.17) is 15.1 Å². The monoisotopic (exact) mass is 410 g/mol. The minimum atomic E-state index is -0.966. The zero-order valence-electron chi connectivity index (χ0n) is 17.5. The van der Waals surface area contributed by atoms with Gasteiger partial charge in [0.1, 0.15) is 11.3 Å². The van der Waals surface area contributed by atoms with E-state index in [1.807, 2.05) is 39.0 Å². The molecule has 0 saturated carbocycles. The lowest BCUT2D eigenvalue weighted by molar-refractivity contribution is 0.0550. The molecule has 1 atom stereocenters. The molecule has 30 heavy (non-hydrogen) atoms. The molecule has 0 radical (unpaired) electrons. The molecule has 1 fully saturated rings. The molecule has 1 unspecified atom stereocenters. The number of nitrogens with one attached hydrogen (secondary N) is 1. The lowest BCUT2D eigenvalue weighted by Crippen LogP contribution is -2.34. The van der Waals surface area contributed by atoms with Gasteiger partial charge in [-0.05, 0) is 41.9 Å². The molecule has 1 amide bonds. The molecule has 0 aliphatic carbocycles. The Balaban J connectivity index is 1.64. The van der Waals surface area contributed by atoms with Gasteiger partial charge in [-0.2, -0.15) is 5.10 Å². The Bertz CT molecular complexity index is 989. The lowest BCUT2D eigenvalue weighted by atomic mass is 9.63. The maximum absolute atomic E-state index is 12.0. The minimum Gasteiger partial charge on any atom is -0.532 e. The SMILES string of the molecule is CC(C)(C)C1=Cc2cc(Nc3nn(C4CCCOC4)cc3C(N)=O)ccc2OB1O. The molecule has 2 aliphatic rings. The van der Waals surface area contributed by atoms with Crippen molar-refractivity contribution >= 4 is 30.6 Å². The van der Waals surface area contributed by atoms with Gasteiger partial charge in [0.15, 0.2) is 5.82 Å². The van der Waals surface area contributed by atoms with Gasteiger partial charge in [-0.3, -0.25) is 9.48 Å². The summed E-state index contributed by atoms with van der Waals surface area (Å²) in [5, 5.41) is 18.1. The quantitative estimate of drug-likeness (QED) is 0.669. The van der Waals surface area contributed by atoms with Crippen LogP contribution in [0.3, 0.4) is 0 Å². The van der Waals surface area contributed by atoms with Crippen LogP contribution in [0.4, 0.5) is 11.5 Å². The number of primary amides is 1. The first-order valence-corrected chi connectivity index (χ1v) is 10.2. The number of nitrogens with two attached hydrogens (primary N) is 1. The van der Waals surface area contributed by atoms with E-state index >= 15 is 0 Å². The molecular formula is C21H27BN4O4. The number of nitrogens with zero attached hydrogens (tertiary/aromatic N) is 2. The molecule has 9 heteroatoms. The topological polar surface area (TPSA) is 112 Å². The van der Waals surface area contributed by atoms with Gasteiger partial charge in [0, 0.05) is 24.1 Å². The number of anilines is 2. The van der Waals surface area contributed by atoms with E-state index in [1.54, 1.807) is 16.9 Å². The highest BCUT2D eigenvalue weighted by Crippen LogP contribution is 2.37. The van der Waals surface area contributed by atoms with Crippen LogP contribution < -0.4 is 15.7 Å². The Morgan fingerprint density at radius 3 is 2.87 bits per heavy atom. The molecule has 1 saturated heterocycles. The number of aromatic nitrogens is 2. The van der Waals surface area contributed by atoms with Crippen LogP contribution in [0, 0.1) is 5.41 Å². The van der Waals surface area contributed by atoms with Crippen LogP contribution in [0.2, 0.25) is 0 Å². The second kappa shape index (κ2) is 7.81. The maximum atomic E-state index is 12.0. The Morgan fingerprint density at radius 1 is 1.40 bits per heavy atom. The molecule has 4 N–H and O–H groups in total. The summed E-state index contributed by atoms with van der Waals surface area (Å²) in [5.74, 6) is 0.464. The largest absolute Gasteiger partial charge is 0.556 e. The van der Waals surface area contributed by atoms with Crippen LogP contribution in [-0.4, -0.2) is 41.0 Å². The number of fused-ring (bicyclic) bond motifs is 1. The third-order valence-electron chi connectivity index (χ3n) is 5.46. The van der Waals surface area contributed by atoms with Crippen LogP contribution in [0.15, 0.2) is 29.9 Å². The number of benzene rings is 1. The van der Waals surface area contributed by atoms with E-state index < -0.39 is 13.0 Å². The Kier molecular flexibility index (Phi) is 5.34. The number of ether oxygens (including phenoxy) is 1. The van der Waals surface area contributed by atoms with Crippen molar-refractivity contribution < 1.29 is 19.2 Å². The van der Waals surface area contributed by atoms with E-state index in [0.717, 1.165) is 36.2 Å². The standard InChI is InChI=1S/C21H27BN4O4/c1-21(2,3)18-10-13-9-14(6-7-17(13)30-22(18)28)24-20-16(19(23)27)11-26(25-20)15-5-4-8-29-12-15/h6-7,9-11,15,28H,4-5,8,12H2,1-3H3,(H2,23,27)(H,24,25). The van der Waals surface area contributed by atoms with E-state index in [-0.39, 0.29) is 11.5 Å². The fourth-order valence-corrected chi connectivity index (χ4v) is 3.78. The van der Waals surface area contributed by atoms with Crippen molar-refractivity contribution in [1.29, 1.82) is 0 Å². The van der Waals surface area contributed by atoms with Crippen molar-refractivity contribution in [3.8, 4) is 5.75 Å². The van der Waals surface area contributed by atoms with Crippen molar-refractivity contribution in [3.05, 3.63) is 41.0 Å². The van der Waals surface area contributed by atoms with Crippen LogP contribution >= 0.6 is 0 Å². The minimum absolute atomic E-state index is 0.0862. The third kappa shape index (κ3) is 4.08. The number of hydrogen-bond donors (Lipinski definition) is 3. The molecule has 4 rings (SSSR count). The van der Waals surface area contributed by atoms with Crippen molar-refractivity contribution in [2.75, 3.05) is 18.5 Å². The van der Waals surface area contributed by atoms with Crippen LogP contribution in [-0.2, 0) is 4.74 Å². The number of amides is 1. The van der Waals surface area contributed by atoms with Crippen molar-refractivity contribution in [2.24, 2.45) is 11.1 Å². The first-order chi connectivity index (χ1) is 14.2. The molecule has 2 aliphatic heterocycles. The maximum Gasteiger partial charge on any atom is 0.556 e. The summed E-state index contributed by atoms with van der Waals surface area (Å²) < 4.78 is 13.0. The Morgan fingerprint density at radius 2 is 2.20 bits per heavy atom. The van der Waals surface area contributed by atoms with Gasteiger partial charge in [-0.15, -0.1) is 0 Å². The zero-order valence-corrected chi connectivity index (χ0v) is 17.5. The number of carbonyl (C=O) groups is 1. The summed E-state index contributed by atoms with van der Waals surface area (Å²) in [6.45, 7) is 7.40. The summed E-state index contributed by atoms with van der Waals surface area (Å²) in [5.41, 5.74) is 8.06. The fourth-order valence-electron chi connectivity index (χ4n) is 3.78. The fraction of sp³-hybridized carbons (Fsp3) is 0.429. The molecule has 1 aromatic heterocycles. The van der Waals surface area contributed by atoms with Gasteiger partial charge in [0.25, 0.3) is 5.91 Å². The van der Waals surface area contributed by atoms with Crippen LogP contribution in [0.5, 0.6) is 5.75 Å². The third-order valence-corrected chi connectivity index (χ3v) is 5.46. The molecule has 1 aromatic carbocycles. The number of carbonyl (C=O) groups excluding carboxylic acids is 1. The number of hydrogen-bond acceptors (Lipinski definition) is 6. The highest BCUT2D eigenvalue weighted by molar-refractivity contribution is 6.55. The molecular weight excluding hydrogens is 383 g/mol. The molecule has 2 aromatic rings. The average Bonchev–Trinajstić information content (AvgIpc) is 3.12. The predicted octanol–water partition coefficient (Wildman–Crippen LogP) is 2.92. The van der Waals surface area contributed by atoms with Crippen molar-refractivity contribution in [1.82, 2.24) is 9.78 Å². The van der Waals surface area contributed by atoms with Gasteiger partial charge >= 0.3 is 7.12 Å².